The summed E-state index contributed by atoms with van der Waals surface area (Å²) >= 11 is 0. The number of sulfonamides is 1. The Hall–Kier alpha value is -3.44. The van der Waals surface area contributed by atoms with Crippen LogP contribution in [0.2, 0.25) is 0 Å². The number of hydrogen-bond donors (Lipinski definition) is 1. The fourth-order valence-electron chi connectivity index (χ4n) is 4.93. The third kappa shape index (κ3) is 4.12. The Morgan fingerprint density at radius 2 is 1.85 bits per heavy atom. The molecule has 8 heteroatoms. The first-order valence-electron chi connectivity index (χ1n) is 11.7. The lowest BCUT2D eigenvalue weighted by Crippen LogP contribution is -2.41. The second-order valence-electron chi connectivity index (χ2n) is 8.93. The summed E-state index contributed by atoms with van der Waals surface area (Å²) in [5.41, 5.74) is 4.57. The Balaban J connectivity index is 1.52. The molecular weight excluding hydrogens is 446 g/mol. The molecule has 0 bridgehead atoms. The first kappa shape index (κ1) is 22.4. The lowest BCUT2D eigenvalue weighted by Gasteiger charge is -2.41. The molecule has 1 aromatic heterocycles. The fourth-order valence-corrected chi connectivity index (χ4v) is 6.06. The van der Waals surface area contributed by atoms with Crippen molar-refractivity contribution in [2.24, 2.45) is 0 Å². The molecule has 174 valence electrons. The van der Waals surface area contributed by atoms with E-state index >= 15 is 0 Å². The van der Waals surface area contributed by atoms with Gasteiger partial charge >= 0.3 is 0 Å². The molecule has 0 spiro atoms. The Morgan fingerprint density at radius 3 is 2.47 bits per heavy atom. The topological polar surface area (TPSA) is 99.0 Å². The van der Waals surface area contributed by atoms with Gasteiger partial charge in [-0.2, -0.15) is 5.26 Å². The first-order valence-corrected chi connectivity index (χ1v) is 13.4. The van der Waals surface area contributed by atoms with Crippen LogP contribution in [0.15, 0.2) is 60.9 Å². The summed E-state index contributed by atoms with van der Waals surface area (Å²) in [5.74, 6) is 0.440. The molecule has 2 atom stereocenters. The molecule has 1 N–H and O–H groups in total. The van der Waals surface area contributed by atoms with Crippen molar-refractivity contribution in [1.82, 2.24) is 9.97 Å². The van der Waals surface area contributed by atoms with E-state index in [1.807, 2.05) is 31.2 Å². The number of nitrogens with one attached hydrogen (secondary N) is 1. The van der Waals surface area contributed by atoms with E-state index in [1.54, 1.807) is 30.6 Å². The summed E-state index contributed by atoms with van der Waals surface area (Å²) in [6.45, 7) is 1.84. The van der Waals surface area contributed by atoms with Crippen LogP contribution in [0.3, 0.4) is 0 Å². The molecule has 7 nitrogen and oxygen atoms in total. The van der Waals surface area contributed by atoms with Gasteiger partial charge in [-0.05, 0) is 61.1 Å². The van der Waals surface area contributed by atoms with Gasteiger partial charge in [-0.3, -0.25) is 4.72 Å². The van der Waals surface area contributed by atoms with Crippen LogP contribution in [-0.4, -0.2) is 30.2 Å². The molecule has 0 saturated heterocycles. The van der Waals surface area contributed by atoms with E-state index in [0.717, 1.165) is 35.2 Å². The van der Waals surface area contributed by atoms with Gasteiger partial charge in [0.1, 0.15) is 0 Å². The van der Waals surface area contributed by atoms with Crippen LogP contribution in [0.5, 0.6) is 0 Å². The third-order valence-electron chi connectivity index (χ3n) is 6.69. The van der Waals surface area contributed by atoms with Crippen LogP contribution in [-0.2, 0) is 10.0 Å². The molecule has 1 aliphatic carbocycles. The van der Waals surface area contributed by atoms with Gasteiger partial charge < -0.3 is 4.90 Å². The summed E-state index contributed by atoms with van der Waals surface area (Å²) in [7, 11) is -3.35. The summed E-state index contributed by atoms with van der Waals surface area (Å²) in [4.78, 5) is 11.2. The Bertz CT molecular complexity index is 1320. The molecule has 1 saturated carbocycles. The maximum atomic E-state index is 12.2. The van der Waals surface area contributed by atoms with Crippen molar-refractivity contribution in [1.29, 1.82) is 5.26 Å². The van der Waals surface area contributed by atoms with Crippen molar-refractivity contribution in [3.05, 3.63) is 72.1 Å². The maximum Gasteiger partial charge on any atom is 0.232 e. The van der Waals surface area contributed by atoms with Gasteiger partial charge in [-0.15, -0.1) is 0 Å². The van der Waals surface area contributed by atoms with Crippen LogP contribution >= 0.6 is 0 Å². The van der Waals surface area contributed by atoms with Crippen molar-refractivity contribution in [3.8, 4) is 17.5 Å². The van der Waals surface area contributed by atoms with Gasteiger partial charge in [0.25, 0.3) is 0 Å². The first-order chi connectivity index (χ1) is 16.5. The minimum atomic E-state index is -3.35. The van der Waals surface area contributed by atoms with E-state index in [2.05, 4.69) is 31.7 Å². The summed E-state index contributed by atoms with van der Waals surface area (Å²) in [5, 5.41) is 10.2. The van der Waals surface area contributed by atoms with Crippen molar-refractivity contribution < 1.29 is 8.42 Å². The molecule has 2 heterocycles. The molecule has 1 fully saturated rings. The highest BCUT2D eigenvalue weighted by atomic mass is 32.2. The average Bonchev–Trinajstić information content (AvgIpc) is 3.12. The molecule has 0 radical (unpaired) electrons. The summed E-state index contributed by atoms with van der Waals surface area (Å²) in [6, 6.07) is 18.2. The van der Waals surface area contributed by atoms with E-state index < -0.39 is 10.0 Å². The van der Waals surface area contributed by atoms with Gasteiger partial charge in [0.15, 0.2) is 5.82 Å². The van der Waals surface area contributed by atoms with Crippen molar-refractivity contribution in [2.45, 2.75) is 50.6 Å². The summed E-state index contributed by atoms with van der Waals surface area (Å²) < 4.78 is 26.9. The van der Waals surface area contributed by atoms with Gasteiger partial charge in [0.2, 0.25) is 10.0 Å². The zero-order valence-corrected chi connectivity index (χ0v) is 19.9. The van der Waals surface area contributed by atoms with Crippen LogP contribution in [0, 0.1) is 11.3 Å². The van der Waals surface area contributed by atoms with Crippen LogP contribution in [0.4, 0.5) is 11.4 Å². The van der Waals surface area contributed by atoms with Crippen molar-refractivity contribution in [3.63, 3.8) is 0 Å². The standard InChI is InChI=1S/C26H27N5O2S/c1-2-15-34(32,33)30-20-10-7-18(8-11-20)25-23(17-27)22-12-9-19(26-28-13-4-14-29-26)16-24(22)31(25)21-5-3-6-21/h4,7-14,16,21,23,25,30H,2-3,5-6,15H2,1H3. The molecule has 1 aliphatic heterocycles. The number of hydrogen-bond acceptors (Lipinski definition) is 6. The number of rotatable bonds is 7. The average molecular weight is 474 g/mol. The van der Waals surface area contributed by atoms with Gasteiger partial charge in [-0.25, -0.2) is 18.4 Å². The maximum absolute atomic E-state index is 12.2. The van der Waals surface area contributed by atoms with Gasteiger partial charge in [0.05, 0.1) is 23.8 Å². The predicted molar refractivity (Wildman–Crippen MR) is 133 cm³/mol. The molecule has 5 rings (SSSR count). The quantitative estimate of drug-likeness (QED) is 0.517. The zero-order valence-electron chi connectivity index (χ0n) is 19.1. The van der Waals surface area contributed by atoms with Crippen LogP contribution in [0.1, 0.15) is 55.7 Å². The largest absolute Gasteiger partial charge is 0.360 e. The zero-order chi connectivity index (χ0) is 23.7. The van der Waals surface area contributed by atoms with Gasteiger partial charge in [0, 0.05) is 35.4 Å². The smallest absolute Gasteiger partial charge is 0.232 e. The highest BCUT2D eigenvalue weighted by molar-refractivity contribution is 7.92. The lowest BCUT2D eigenvalue weighted by atomic mass is 9.87. The second kappa shape index (κ2) is 9.07. The number of nitrogens with zero attached hydrogens (tertiary/aromatic N) is 4. The highest BCUT2D eigenvalue weighted by Crippen LogP contribution is 2.53. The Morgan fingerprint density at radius 1 is 1.12 bits per heavy atom. The second-order valence-corrected chi connectivity index (χ2v) is 10.8. The Labute approximate surface area is 200 Å². The van der Waals surface area contributed by atoms with E-state index in [0.29, 0.717) is 24.0 Å². The molecule has 2 aliphatic rings. The van der Waals surface area contributed by atoms with Crippen molar-refractivity contribution in [2.75, 3.05) is 15.4 Å². The number of nitriles is 1. The predicted octanol–water partition coefficient (Wildman–Crippen LogP) is 5.02. The number of anilines is 2. The van der Waals surface area contributed by atoms with E-state index in [4.69, 9.17) is 0 Å². The molecule has 2 unspecified atom stereocenters. The Kier molecular flexibility index (Phi) is 5.96. The molecular formula is C26H27N5O2S. The summed E-state index contributed by atoms with van der Waals surface area (Å²) in [6.07, 6.45) is 7.39. The van der Waals surface area contributed by atoms with Crippen LogP contribution in [0.25, 0.3) is 11.4 Å². The monoisotopic (exact) mass is 473 g/mol. The van der Waals surface area contributed by atoms with Crippen molar-refractivity contribution >= 4 is 21.4 Å². The molecule has 0 amide bonds. The van der Waals surface area contributed by atoms with E-state index in [-0.39, 0.29) is 17.7 Å². The van der Waals surface area contributed by atoms with E-state index in [1.165, 1.54) is 6.42 Å². The highest BCUT2D eigenvalue weighted by Gasteiger charge is 2.44. The SMILES string of the molecule is CCCS(=O)(=O)Nc1ccc(C2C(C#N)c3ccc(-c4ncccn4)cc3N2C2CCC2)cc1. The lowest BCUT2D eigenvalue weighted by molar-refractivity contribution is 0.363. The number of fused-ring (bicyclic) bond motifs is 1. The number of benzene rings is 2. The minimum absolute atomic E-state index is 0.0894. The number of aromatic nitrogens is 2. The molecule has 34 heavy (non-hydrogen) atoms. The normalized spacial score (nSPS) is 19.8. The van der Waals surface area contributed by atoms with Gasteiger partial charge in [-0.1, -0.05) is 31.2 Å². The minimum Gasteiger partial charge on any atom is -0.360 e. The fraction of sp³-hybridized carbons (Fsp3) is 0.346. The molecule has 3 aromatic rings. The molecule has 2 aromatic carbocycles. The van der Waals surface area contributed by atoms with Crippen LogP contribution < -0.4 is 9.62 Å². The van der Waals surface area contributed by atoms with E-state index in [9.17, 15) is 13.7 Å². The third-order valence-corrected chi connectivity index (χ3v) is 8.18.